The van der Waals surface area contributed by atoms with E-state index < -0.39 is 31.4 Å². The van der Waals surface area contributed by atoms with Crippen molar-refractivity contribution in [1.29, 1.82) is 0 Å². The summed E-state index contributed by atoms with van der Waals surface area (Å²) in [5, 5.41) is 17.2. The van der Waals surface area contributed by atoms with E-state index in [1.165, 1.54) is 57.7 Å². The third-order valence-corrected chi connectivity index (χ3v) is 11.3. The number of benzene rings is 1. The van der Waals surface area contributed by atoms with Crippen molar-refractivity contribution in [2.75, 3.05) is 25.4 Å². The van der Waals surface area contributed by atoms with Gasteiger partial charge in [-0.2, -0.15) is 4.98 Å². The van der Waals surface area contributed by atoms with Crippen LogP contribution in [0.3, 0.4) is 0 Å². The molecule has 1 aliphatic rings. The number of H-pyrrole nitrogens is 1. The molecule has 4 atom stereocenters. The normalized spacial score (nSPS) is 18.5. The fraction of sp³-hybridized carbons (Fsp3) is 0.579. The van der Waals surface area contributed by atoms with Crippen LogP contribution in [0, 0.1) is 5.92 Å². The average molecular weight is 774 g/mol. The number of halogens is 1. The predicted octanol–water partition coefficient (Wildman–Crippen LogP) is 7.78. The Bertz CT molecular complexity index is 1730. The summed E-state index contributed by atoms with van der Waals surface area (Å²) < 4.78 is 27.3. The summed E-state index contributed by atoms with van der Waals surface area (Å²) in [4.78, 5) is 35.6. The molecule has 1 aromatic carbocycles. The molecule has 2 heterocycles. The van der Waals surface area contributed by atoms with E-state index in [9.17, 15) is 19.3 Å². The Morgan fingerprint density at radius 1 is 1.08 bits per heavy atom. The smallest absolute Gasteiger partial charge is 0.413 e. The second-order valence-corrected chi connectivity index (χ2v) is 15.9. The molecule has 4 rings (SSSR count). The van der Waals surface area contributed by atoms with Gasteiger partial charge in [-0.1, -0.05) is 88.6 Å². The van der Waals surface area contributed by atoms with E-state index in [-0.39, 0.29) is 54.9 Å². The van der Waals surface area contributed by atoms with Crippen molar-refractivity contribution >= 4 is 42.4 Å². The van der Waals surface area contributed by atoms with E-state index in [1.54, 1.807) is 28.8 Å². The highest BCUT2D eigenvalue weighted by Gasteiger charge is 2.40. The molecule has 0 spiro atoms. The van der Waals surface area contributed by atoms with Crippen molar-refractivity contribution in [2.45, 2.75) is 115 Å². The number of imidazole rings is 1. The SMILES string of the molecule is C=C1C(n2cnc3c(=O)[nH]c(N)nc32)C[C@H](O)[C@H]1COP(=O)(NCCNC(=O)CCCCCCC/C=C\CCCCCCCC)Oc1ccc(Cl)cc1. The maximum Gasteiger partial charge on any atom is 0.458 e. The number of nitrogens with one attached hydrogen (secondary N) is 3. The second kappa shape index (κ2) is 22.0. The number of hydrogen-bond donors (Lipinski definition) is 5. The van der Waals surface area contributed by atoms with E-state index in [2.05, 4.69) is 51.0 Å². The lowest BCUT2D eigenvalue weighted by Gasteiger charge is -2.23. The van der Waals surface area contributed by atoms with Crippen molar-refractivity contribution in [3.05, 3.63) is 70.3 Å². The topological polar surface area (TPSA) is 186 Å². The molecule has 13 nitrogen and oxygen atoms in total. The Hall–Kier alpha value is -3.48. The van der Waals surface area contributed by atoms with Gasteiger partial charge in [0.25, 0.3) is 5.56 Å². The largest absolute Gasteiger partial charge is 0.458 e. The predicted molar refractivity (Wildman–Crippen MR) is 211 cm³/mol. The van der Waals surface area contributed by atoms with Crippen molar-refractivity contribution in [3.8, 4) is 5.75 Å². The summed E-state index contributed by atoms with van der Waals surface area (Å²) in [6.07, 6.45) is 21.4. The Balaban J connectivity index is 1.18. The number of nitrogens with two attached hydrogens (primary N) is 1. The number of hydrogen-bond acceptors (Lipinski definition) is 9. The van der Waals surface area contributed by atoms with Gasteiger partial charge in [-0.05, 0) is 68.4 Å². The lowest BCUT2D eigenvalue weighted by molar-refractivity contribution is -0.121. The van der Waals surface area contributed by atoms with Crippen molar-refractivity contribution in [3.63, 3.8) is 0 Å². The molecule has 1 aliphatic carbocycles. The van der Waals surface area contributed by atoms with Crippen LogP contribution in [-0.4, -0.2) is 56.3 Å². The zero-order chi connectivity index (χ0) is 38.1. The Labute approximate surface area is 317 Å². The first-order valence-corrected chi connectivity index (χ1v) is 21.0. The highest BCUT2D eigenvalue weighted by atomic mass is 35.5. The van der Waals surface area contributed by atoms with Crippen molar-refractivity contribution in [1.82, 2.24) is 29.9 Å². The summed E-state index contributed by atoms with van der Waals surface area (Å²) in [5.74, 6) is -0.480. The van der Waals surface area contributed by atoms with Crippen LogP contribution in [0.15, 0.2) is 59.7 Å². The molecule has 0 radical (unpaired) electrons. The van der Waals surface area contributed by atoms with Crippen LogP contribution in [0.1, 0.15) is 109 Å². The Kier molecular flexibility index (Phi) is 17.6. The molecule has 0 aliphatic heterocycles. The number of aromatic amines is 1. The summed E-state index contributed by atoms with van der Waals surface area (Å²) in [7, 11) is -4.00. The third-order valence-electron chi connectivity index (χ3n) is 9.50. The first kappa shape index (κ1) is 42.3. The molecular weight excluding hydrogens is 717 g/mol. The van der Waals surface area contributed by atoms with Crippen LogP contribution in [0.2, 0.25) is 5.02 Å². The minimum Gasteiger partial charge on any atom is -0.413 e. The quantitative estimate of drug-likeness (QED) is 0.0323. The van der Waals surface area contributed by atoms with Crippen LogP contribution in [0.5, 0.6) is 5.75 Å². The van der Waals surface area contributed by atoms with Crippen LogP contribution in [0.4, 0.5) is 5.95 Å². The number of nitrogens with zero attached hydrogens (tertiary/aromatic N) is 3. The van der Waals surface area contributed by atoms with E-state index in [4.69, 9.17) is 26.4 Å². The molecule has 3 aromatic rings. The monoisotopic (exact) mass is 773 g/mol. The van der Waals surface area contributed by atoms with Crippen LogP contribution < -0.4 is 26.2 Å². The maximum atomic E-state index is 14.0. The van der Waals surface area contributed by atoms with E-state index in [0.717, 1.165) is 32.1 Å². The highest BCUT2D eigenvalue weighted by Crippen LogP contribution is 2.47. The number of rotatable bonds is 25. The van der Waals surface area contributed by atoms with Crippen LogP contribution >= 0.6 is 19.3 Å². The number of carbonyl (C=O) groups excluding carboxylic acids is 1. The molecule has 292 valence electrons. The number of fused-ring (bicyclic) bond motifs is 1. The van der Waals surface area contributed by atoms with Gasteiger partial charge in [-0.25, -0.2) is 14.6 Å². The first-order valence-electron chi connectivity index (χ1n) is 19.1. The number of carbonyl (C=O) groups is 1. The standard InChI is InChI=1S/C38H57ClN7O6P/c1-3-4-5-6-7-8-9-10-11-12-13-14-15-16-17-18-34(48)41-23-24-43-53(50,52-30-21-19-29(39)20-22-30)51-26-31-28(2)32(25-33(31)47)46-27-42-35-36(46)44-38(40)45-37(35)49/h10-11,19-22,27,31-33,47H,2-9,12-18,23-26H2,1H3,(H,41,48)(H,43,50)(H3,40,44,45,49)/b11-10-/t31-,32?,33-,53?/m0/s1. The fourth-order valence-electron chi connectivity index (χ4n) is 6.48. The maximum absolute atomic E-state index is 14.0. The van der Waals surface area contributed by atoms with E-state index in [0.29, 0.717) is 17.0 Å². The molecule has 53 heavy (non-hydrogen) atoms. The number of allylic oxidation sites excluding steroid dienone is 2. The molecule has 2 aromatic heterocycles. The molecule has 1 saturated carbocycles. The van der Waals surface area contributed by atoms with Gasteiger partial charge in [0.2, 0.25) is 11.9 Å². The number of unbranched alkanes of at least 4 members (excludes halogenated alkanes) is 11. The molecule has 1 amide bonds. The van der Waals surface area contributed by atoms with Crippen LogP contribution in [-0.2, 0) is 13.9 Å². The zero-order valence-corrected chi connectivity index (χ0v) is 32.6. The molecule has 1 fully saturated rings. The number of aromatic nitrogens is 4. The average Bonchev–Trinajstić information content (AvgIpc) is 3.67. The van der Waals surface area contributed by atoms with Gasteiger partial charge in [0, 0.05) is 30.5 Å². The van der Waals surface area contributed by atoms with Gasteiger partial charge in [0.15, 0.2) is 11.2 Å². The summed E-state index contributed by atoms with van der Waals surface area (Å²) in [6, 6.07) is 5.88. The number of amides is 1. The minimum atomic E-state index is -4.00. The lowest BCUT2D eigenvalue weighted by Crippen LogP contribution is -2.32. The number of nitrogen functional groups attached to an aromatic ring is 1. The van der Waals surface area contributed by atoms with Gasteiger partial charge >= 0.3 is 7.75 Å². The molecule has 2 unspecified atom stereocenters. The van der Waals surface area contributed by atoms with Gasteiger partial charge in [0.05, 0.1) is 25.1 Å². The van der Waals surface area contributed by atoms with Crippen molar-refractivity contribution in [2.24, 2.45) is 5.92 Å². The third kappa shape index (κ3) is 13.7. The van der Waals surface area contributed by atoms with E-state index >= 15 is 0 Å². The number of aliphatic hydroxyl groups is 1. The Morgan fingerprint density at radius 3 is 2.43 bits per heavy atom. The second-order valence-electron chi connectivity index (χ2n) is 13.7. The van der Waals surface area contributed by atoms with Gasteiger partial charge in [-0.3, -0.25) is 19.1 Å². The molecule has 0 saturated heterocycles. The van der Waals surface area contributed by atoms with Gasteiger partial charge in [0.1, 0.15) is 5.75 Å². The molecule has 15 heteroatoms. The Morgan fingerprint density at radius 2 is 1.74 bits per heavy atom. The first-order chi connectivity index (χ1) is 25.6. The van der Waals surface area contributed by atoms with Gasteiger partial charge < -0.3 is 25.2 Å². The molecule has 0 bridgehead atoms. The summed E-state index contributed by atoms with van der Waals surface area (Å²) in [6.45, 7) is 6.58. The highest BCUT2D eigenvalue weighted by molar-refractivity contribution is 7.52. The molecular formula is C38H57ClN7O6P. The van der Waals surface area contributed by atoms with Gasteiger partial charge in [-0.15, -0.1) is 0 Å². The minimum absolute atomic E-state index is 0.0566. The fourth-order valence-corrected chi connectivity index (χ4v) is 7.95. The lowest BCUT2D eigenvalue weighted by atomic mass is 10.0. The number of anilines is 1. The zero-order valence-electron chi connectivity index (χ0n) is 30.9. The number of aliphatic hydroxyl groups excluding tert-OH is 1. The van der Waals surface area contributed by atoms with Crippen LogP contribution in [0.25, 0.3) is 11.2 Å². The van der Waals surface area contributed by atoms with E-state index in [1.807, 2.05) is 0 Å². The van der Waals surface area contributed by atoms with Crippen molar-refractivity contribution < 1.29 is 23.5 Å². The summed E-state index contributed by atoms with van der Waals surface area (Å²) >= 11 is 6.02. The molecule has 6 N–H and O–H groups in total. The summed E-state index contributed by atoms with van der Waals surface area (Å²) in [5.41, 5.74) is 6.25.